The summed E-state index contributed by atoms with van der Waals surface area (Å²) < 4.78 is 0. The molecule has 2 unspecified atom stereocenters. The summed E-state index contributed by atoms with van der Waals surface area (Å²) in [6.07, 6.45) is 1.83. The summed E-state index contributed by atoms with van der Waals surface area (Å²) in [6.45, 7) is 3.99. The zero-order valence-electron chi connectivity index (χ0n) is 13.2. The Hall–Kier alpha value is -1.88. The van der Waals surface area contributed by atoms with Crippen LogP contribution in [0.3, 0.4) is 0 Å². The molecule has 1 aromatic rings. The van der Waals surface area contributed by atoms with Crippen LogP contribution in [0.1, 0.15) is 37.8 Å². The fraction of sp³-hybridized carbons (Fsp3) is 0.529. The molecule has 120 valence electrons. The van der Waals surface area contributed by atoms with Crippen molar-refractivity contribution in [3.63, 3.8) is 0 Å². The Morgan fingerprint density at radius 3 is 2.64 bits per heavy atom. The van der Waals surface area contributed by atoms with Crippen LogP contribution in [0.4, 0.5) is 0 Å². The van der Waals surface area contributed by atoms with Gasteiger partial charge in [0.25, 0.3) is 0 Å². The van der Waals surface area contributed by atoms with Gasteiger partial charge in [-0.1, -0.05) is 31.2 Å². The Kier molecular flexibility index (Phi) is 5.55. The van der Waals surface area contributed by atoms with Gasteiger partial charge in [-0.15, -0.1) is 0 Å². The van der Waals surface area contributed by atoms with Crippen LogP contribution < -0.4 is 5.32 Å². The molecule has 2 amide bonds. The Labute approximate surface area is 131 Å². The molecule has 2 N–H and O–H groups in total. The van der Waals surface area contributed by atoms with Gasteiger partial charge in [-0.2, -0.15) is 0 Å². The second-order valence-electron chi connectivity index (χ2n) is 5.76. The van der Waals surface area contributed by atoms with Gasteiger partial charge in [0.15, 0.2) is 0 Å². The number of nitrogens with one attached hydrogen (secondary N) is 1. The second kappa shape index (κ2) is 7.40. The molecule has 0 radical (unpaired) electrons. The van der Waals surface area contributed by atoms with E-state index >= 15 is 0 Å². The van der Waals surface area contributed by atoms with Crippen LogP contribution >= 0.6 is 0 Å². The Morgan fingerprint density at radius 2 is 2.05 bits per heavy atom. The Bertz CT molecular complexity index is 544. The van der Waals surface area contributed by atoms with Gasteiger partial charge in [0.1, 0.15) is 6.04 Å². The fourth-order valence-corrected chi connectivity index (χ4v) is 2.92. The van der Waals surface area contributed by atoms with Crippen LogP contribution in [-0.2, 0) is 22.6 Å². The first kappa shape index (κ1) is 16.5. The molecule has 1 aliphatic rings. The summed E-state index contributed by atoms with van der Waals surface area (Å²) >= 11 is 0. The number of aliphatic hydroxyl groups is 1. The normalized spacial score (nSPS) is 18.5. The molecule has 0 bridgehead atoms. The lowest BCUT2D eigenvalue weighted by molar-refractivity contribution is -0.140. The van der Waals surface area contributed by atoms with Crippen molar-refractivity contribution in [1.82, 2.24) is 10.2 Å². The van der Waals surface area contributed by atoms with Gasteiger partial charge in [-0.3, -0.25) is 9.59 Å². The van der Waals surface area contributed by atoms with Crippen molar-refractivity contribution in [2.75, 3.05) is 6.61 Å². The van der Waals surface area contributed by atoms with E-state index < -0.39 is 6.04 Å². The number of amides is 2. The minimum absolute atomic E-state index is 0.0444. The molecule has 5 nitrogen and oxygen atoms in total. The minimum atomic E-state index is -0.472. The number of hydrogen-bond donors (Lipinski definition) is 2. The van der Waals surface area contributed by atoms with Crippen molar-refractivity contribution in [3.05, 3.63) is 35.4 Å². The number of aliphatic hydroxyl groups excluding tert-OH is 1. The highest BCUT2D eigenvalue weighted by molar-refractivity contribution is 5.88. The zero-order chi connectivity index (χ0) is 16.1. The molecule has 1 aromatic carbocycles. The average Bonchev–Trinajstić information content (AvgIpc) is 2.52. The average molecular weight is 304 g/mol. The highest BCUT2D eigenvalue weighted by atomic mass is 16.3. The van der Waals surface area contributed by atoms with Gasteiger partial charge in [0, 0.05) is 32.5 Å². The topological polar surface area (TPSA) is 69.6 Å². The summed E-state index contributed by atoms with van der Waals surface area (Å²) in [5.41, 5.74) is 2.22. The molecule has 0 saturated heterocycles. The van der Waals surface area contributed by atoms with Gasteiger partial charge >= 0.3 is 0 Å². The van der Waals surface area contributed by atoms with E-state index in [1.807, 2.05) is 31.2 Å². The third kappa shape index (κ3) is 3.65. The van der Waals surface area contributed by atoms with Gasteiger partial charge in [-0.05, 0) is 24.0 Å². The highest BCUT2D eigenvalue weighted by Crippen LogP contribution is 2.23. The standard InChI is InChI=1S/C17H24N2O3/c1-3-15(8-9-20)18-17(22)16-10-13-6-4-5-7-14(13)11-19(16)12(2)21/h4-7,15-16,20H,3,8-11H2,1-2H3,(H,18,22). The van der Waals surface area contributed by atoms with E-state index in [0.717, 1.165) is 17.5 Å². The number of carbonyl (C=O) groups excluding carboxylic acids is 2. The summed E-state index contributed by atoms with van der Waals surface area (Å²) in [6, 6.07) is 7.39. The first-order valence-electron chi connectivity index (χ1n) is 7.82. The molecule has 0 saturated carbocycles. The first-order chi connectivity index (χ1) is 10.6. The van der Waals surface area contributed by atoms with Crippen LogP contribution in [0.2, 0.25) is 0 Å². The Morgan fingerprint density at radius 1 is 1.36 bits per heavy atom. The van der Waals surface area contributed by atoms with Gasteiger partial charge in [-0.25, -0.2) is 0 Å². The molecular formula is C17H24N2O3. The van der Waals surface area contributed by atoms with Gasteiger partial charge < -0.3 is 15.3 Å². The predicted octanol–water partition coefficient (Wildman–Crippen LogP) is 1.24. The third-order valence-corrected chi connectivity index (χ3v) is 4.27. The quantitative estimate of drug-likeness (QED) is 0.860. The van der Waals surface area contributed by atoms with Crippen LogP contribution in [0.15, 0.2) is 24.3 Å². The fourth-order valence-electron chi connectivity index (χ4n) is 2.92. The van der Waals surface area contributed by atoms with E-state index in [4.69, 9.17) is 5.11 Å². The maximum atomic E-state index is 12.6. The summed E-state index contributed by atoms with van der Waals surface area (Å²) in [4.78, 5) is 26.1. The Balaban J connectivity index is 2.16. The van der Waals surface area contributed by atoms with Crippen molar-refractivity contribution in [2.24, 2.45) is 0 Å². The zero-order valence-corrected chi connectivity index (χ0v) is 13.2. The van der Waals surface area contributed by atoms with E-state index in [1.54, 1.807) is 4.90 Å². The first-order valence-corrected chi connectivity index (χ1v) is 7.82. The second-order valence-corrected chi connectivity index (χ2v) is 5.76. The van der Waals surface area contributed by atoms with Crippen molar-refractivity contribution >= 4 is 11.8 Å². The highest BCUT2D eigenvalue weighted by Gasteiger charge is 2.33. The number of nitrogens with zero attached hydrogens (tertiary/aromatic N) is 1. The molecule has 1 aliphatic heterocycles. The largest absolute Gasteiger partial charge is 0.396 e. The molecule has 0 fully saturated rings. The smallest absolute Gasteiger partial charge is 0.243 e. The summed E-state index contributed by atoms with van der Waals surface area (Å²) in [5, 5.41) is 12.0. The van der Waals surface area contributed by atoms with E-state index in [0.29, 0.717) is 19.4 Å². The number of hydrogen-bond acceptors (Lipinski definition) is 3. The summed E-state index contributed by atoms with van der Waals surface area (Å²) in [5.74, 6) is -0.227. The SMILES string of the molecule is CCC(CCO)NC(=O)C1Cc2ccccc2CN1C(C)=O. The van der Waals surface area contributed by atoms with Crippen molar-refractivity contribution in [1.29, 1.82) is 0 Å². The lowest BCUT2D eigenvalue weighted by Gasteiger charge is -2.36. The van der Waals surface area contributed by atoms with E-state index in [2.05, 4.69) is 5.32 Å². The van der Waals surface area contributed by atoms with Gasteiger partial charge in [0.2, 0.25) is 11.8 Å². The van der Waals surface area contributed by atoms with Crippen LogP contribution in [0.5, 0.6) is 0 Å². The van der Waals surface area contributed by atoms with Crippen LogP contribution in [0.25, 0.3) is 0 Å². The minimum Gasteiger partial charge on any atom is -0.396 e. The van der Waals surface area contributed by atoms with Crippen LogP contribution in [-0.4, -0.2) is 40.5 Å². The molecule has 0 aromatic heterocycles. The molecular weight excluding hydrogens is 280 g/mol. The summed E-state index contributed by atoms with van der Waals surface area (Å²) in [7, 11) is 0. The van der Waals surface area contributed by atoms with Crippen molar-refractivity contribution < 1.29 is 14.7 Å². The molecule has 2 rings (SSSR count). The van der Waals surface area contributed by atoms with E-state index in [9.17, 15) is 9.59 Å². The number of benzene rings is 1. The van der Waals surface area contributed by atoms with E-state index in [1.165, 1.54) is 6.92 Å². The molecule has 2 atom stereocenters. The lowest BCUT2D eigenvalue weighted by Crippen LogP contribution is -2.53. The number of carbonyl (C=O) groups is 2. The molecule has 0 spiro atoms. The maximum Gasteiger partial charge on any atom is 0.243 e. The third-order valence-electron chi connectivity index (χ3n) is 4.27. The van der Waals surface area contributed by atoms with Crippen molar-refractivity contribution in [3.8, 4) is 0 Å². The molecule has 22 heavy (non-hydrogen) atoms. The van der Waals surface area contributed by atoms with Crippen molar-refractivity contribution in [2.45, 2.75) is 51.7 Å². The van der Waals surface area contributed by atoms with Crippen LogP contribution in [0, 0.1) is 0 Å². The number of fused-ring (bicyclic) bond motifs is 1. The van der Waals surface area contributed by atoms with E-state index in [-0.39, 0.29) is 24.5 Å². The maximum absolute atomic E-state index is 12.6. The van der Waals surface area contributed by atoms with Gasteiger partial charge in [0.05, 0.1) is 0 Å². The molecule has 0 aliphatic carbocycles. The monoisotopic (exact) mass is 304 g/mol. The lowest BCUT2D eigenvalue weighted by atomic mass is 9.93. The predicted molar refractivity (Wildman–Crippen MR) is 84.1 cm³/mol. The molecule has 1 heterocycles. The number of rotatable bonds is 5. The molecule has 5 heteroatoms.